The van der Waals surface area contributed by atoms with Gasteiger partial charge in [-0.2, -0.15) is 0 Å². The van der Waals surface area contributed by atoms with E-state index >= 15 is 0 Å². The van der Waals surface area contributed by atoms with E-state index in [9.17, 15) is 14.4 Å². The summed E-state index contributed by atoms with van der Waals surface area (Å²) in [5.41, 5.74) is 4.52. The number of piperidine rings is 3. The van der Waals surface area contributed by atoms with E-state index in [1.807, 2.05) is 66.7 Å². The first-order valence-corrected chi connectivity index (χ1v) is 15.3. The van der Waals surface area contributed by atoms with E-state index in [2.05, 4.69) is 10.2 Å². The summed E-state index contributed by atoms with van der Waals surface area (Å²) < 4.78 is 17.5. The van der Waals surface area contributed by atoms with Crippen LogP contribution >= 0.6 is 0 Å². The number of benzene rings is 4. The minimum atomic E-state index is -0.430. The minimum Gasteiger partial charge on any atom is -0.489 e. The fraction of sp³-hybridized carbons (Fsp3) is 0.270. The molecule has 45 heavy (non-hydrogen) atoms. The van der Waals surface area contributed by atoms with Crippen LogP contribution in [0.3, 0.4) is 0 Å². The molecule has 3 aliphatic heterocycles. The third-order valence-corrected chi connectivity index (χ3v) is 8.52. The van der Waals surface area contributed by atoms with E-state index in [4.69, 9.17) is 14.2 Å². The summed E-state index contributed by atoms with van der Waals surface area (Å²) in [6.07, 6.45) is 2.43. The Morgan fingerprint density at radius 1 is 0.822 bits per heavy atom. The number of aldehydes is 1. The first-order valence-electron chi connectivity index (χ1n) is 15.3. The van der Waals surface area contributed by atoms with Crippen molar-refractivity contribution in [1.82, 2.24) is 10.2 Å². The molecule has 8 nitrogen and oxygen atoms in total. The monoisotopic (exact) mass is 604 g/mol. The second-order valence-corrected chi connectivity index (χ2v) is 11.6. The van der Waals surface area contributed by atoms with E-state index < -0.39 is 18.1 Å². The number of nitrogens with zero attached hydrogens (tertiary/aromatic N) is 1. The van der Waals surface area contributed by atoms with Crippen LogP contribution in [0.5, 0.6) is 5.75 Å². The van der Waals surface area contributed by atoms with Gasteiger partial charge in [-0.25, -0.2) is 9.59 Å². The predicted molar refractivity (Wildman–Crippen MR) is 169 cm³/mol. The molecular weight excluding hydrogens is 568 g/mol. The molecule has 3 aliphatic rings. The lowest BCUT2D eigenvalue weighted by atomic mass is 9.86. The van der Waals surface area contributed by atoms with E-state index in [0.717, 1.165) is 61.0 Å². The second-order valence-electron chi connectivity index (χ2n) is 11.6. The van der Waals surface area contributed by atoms with Crippen molar-refractivity contribution in [3.8, 4) is 5.75 Å². The number of carbonyl (C=O) groups is 3. The van der Waals surface area contributed by atoms with E-state index in [-0.39, 0.29) is 12.7 Å². The van der Waals surface area contributed by atoms with Gasteiger partial charge in [-0.15, -0.1) is 0 Å². The highest BCUT2D eigenvalue weighted by Gasteiger charge is 2.36. The molecule has 0 radical (unpaired) electrons. The molecular formula is C37H36N2O6. The van der Waals surface area contributed by atoms with Gasteiger partial charge in [-0.1, -0.05) is 78.9 Å². The van der Waals surface area contributed by atoms with Crippen molar-refractivity contribution < 1.29 is 28.6 Å². The lowest BCUT2D eigenvalue weighted by Gasteiger charge is -2.43. The average molecular weight is 605 g/mol. The summed E-state index contributed by atoms with van der Waals surface area (Å²) in [5, 5.41) is 3.11. The zero-order chi connectivity index (χ0) is 31.0. The smallest absolute Gasteiger partial charge is 0.408 e. The predicted octanol–water partition coefficient (Wildman–Crippen LogP) is 6.34. The fourth-order valence-corrected chi connectivity index (χ4v) is 5.95. The summed E-state index contributed by atoms with van der Waals surface area (Å²) in [7, 11) is 0. The number of amides is 1. The highest BCUT2D eigenvalue weighted by Crippen LogP contribution is 2.31. The number of carbonyl (C=O) groups excluding carboxylic acids is 3. The maximum Gasteiger partial charge on any atom is 0.408 e. The third kappa shape index (κ3) is 7.77. The van der Waals surface area contributed by atoms with Crippen LogP contribution in [0.2, 0.25) is 0 Å². The summed E-state index contributed by atoms with van der Waals surface area (Å²) in [6.45, 7) is 3.39. The maximum atomic E-state index is 13.1. The van der Waals surface area contributed by atoms with Gasteiger partial charge in [0.1, 0.15) is 31.4 Å². The molecule has 0 aliphatic carbocycles. The molecule has 2 unspecified atom stereocenters. The van der Waals surface area contributed by atoms with Crippen LogP contribution in [0.1, 0.15) is 61.9 Å². The van der Waals surface area contributed by atoms with Crippen molar-refractivity contribution in [2.75, 3.05) is 19.6 Å². The quantitative estimate of drug-likeness (QED) is 0.158. The Labute approximate surface area is 262 Å². The largest absolute Gasteiger partial charge is 0.489 e. The van der Waals surface area contributed by atoms with Crippen LogP contribution in [-0.2, 0) is 22.7 Å². The number of hydrogen-bond donors (Lipinski definition) is 1. The second kappa shape index (κ2) is 14.2. The van der Waals surface area contributed by atoms with E-state index in [1.54, 1.807) is 36.4 Å². The first-order chi connectivity index (χ1) is 22.0. The van der Waals surface area contributed by atoms with E-state index in [1.165, 1.54) is 0 Å². The molecule has 3 saturated heterocycles. The van der Waals surface area contributed by atoms with Crippen molar-refractivity contribution in [3.05, 3.63) is 137 Å². The van der Waals surface area contributed by atoms with Crippen molar-refractivity contribution in [1.29, 1.82) is 0 Å². The molecule has 1 amide bonds. The fourth-order valence-electron chi connectivity index (χ4n) is 5.95. The molecule has 0 saturated carbocycles. The van der Waals surface area contributed by atoms with Crippen LogP contribution in [-0.4, -0.2) is 49.0 Å². The molecule has 230 valence electrons. The Balaban J connectivity index is 1.06. The van der Waals surface area contributed by atoms with Gasteiger partial charge < -0.3 is 19.5 Å². The molecule has 3 fully saturated rings. The highest BCUT2D eigenvalue weighted by atomic mass is 16.6. The summed E-state index contributed by atoms with van der Waals surface area (Å²) in [6, 6.07) is 31.1. The lowest BCUT2D eigenvalue weighted by Crippen LogP contribution is -2.52. The number of fused-ring (bicyclic) bond motifs is 3. The number of hydrogen-bond acceptors (Lipinski definition) is 7. The van der Waals surface area contributed by atoms with Gasteiger partial charge in [0, 0.05) is 12.1 Å². The Morgan fingerprint density at radius 3 is 2.20 bits per heavy atom. The number of alkyl carbamates (subject to hydrolysis) is 1. The third-order valence-electron chi connectivity index (χ3n) is 8.52. The number of rotatable bonds is 11. The minimum absolute atomic E-state index is 0.0755. The van der Waals surface area contributed by atoms with Crippen LogP contribution in [0.25, 0.3) is 0 Å². The molecule has 4 aromatic rings. The van der Waals surface area contributed by atoms with Gasteiger partial charge in [0.05, 0.1) is 11.6 Å². The zero-order valence-electron chi connectivity index (χ0n) is 25.0. The highest BCUT2D eigenvalue weighted by molar-refractivity contribution is 5.89. The molecule has 2 atom stereocenters. The number of ether oxygens (including phenoxy) is 3. The van der Waals surface area contributed by atoms with Crippen molar-refractivity contribution >= 4 is 18.3 Å². The van der Waals surface area contributed by atoms with Crippen LogP contribution in [0.4, 0.5) is 4.79 Å². The molecule has 3 heterocycles. The summed E-state index contributed by atoms with van der Waals surface area (Å²) >= 11 is 0. The topological polar surface area (TPSA) is 94.2 Å². The normalized spacial score (nSPS) is 19.2. The van der Waals surface area contributed by atoms with Gasteiger partial charge in [0.15, 0.2) is 0 Å². The van der Waals surface area contributed by atoms with Gasteiger partial charge in [-0.3, -0.25) is 9.69 Å². The Kier molecular flexibility index (Phi) is 9.51. The Morgan fingerprint density at radius 2 is 1.51 bits per heavy atom. The maximum absolute atomic E-state index is 13.1. The van der Waals surface area contributed by atoms with Gasteiger partial charge in [0.2, 0.25) is 0 Å². The first kappa shape index (κ1) is 30.1. The molecule has 1 N–H and O–H groups in total. The Hall–Kier alpha value is -4.95. The van der Waals surface area contributed by atoms with Gasteiger partial charge in [0.25, 0.3) is 0 Å². The van der Waals surface area contributed by atoms with Crippen LogP contribution in [0, 0.1) is 5.92 Å². The SMILES string of the molecule is O=Cc1ccc(COC(=O)c2ccc(COc3cccc(C(NC(=O)OC4CN5CCC4CC5)c4ccccc4)c3)cc2)cc1. The van der Waals surface area contributed by atoms with Crippen molar-refractivity contribution in [2.24, 2.45) is 5.92 Å². The van der Waals surface area contributed by atoms with Crippen LogP contribution in [0.15, 0.2) is 103 Å². The standard InChI is InChI=1S/C37H36N2O6/c40-23-26-9-11-27(12-10-26)25-44-36(41)31-15-13-28(14-16-31)24-43-33-8-4-7-32(21-33)35(30-5-2-1-3-6-30)38-37(42)45-34-22-39-19-17-29(34)18-20-39/h1-16,21,23,29,34-35H,17-20,22,24-25H2,(H,38,42). The molecule has 8 heteroatoms. The summed E-state index contributed by atoms with van der Waals surface area (Å²) in [5.74, 6) is 0.659. The summed E-state index contributed by atoms with van der Waals surface area (Å²) in [4.78, 5) is 38.8. The molecule has 0 spiro atoms. The molecule has 2 bridgehead atoms. The molecule has 0 aromatic heterocycles. The van der Waals surface area contributed by atoms with Crippen molar-refractivity contribution in [3.63, 3.8) is 0 Å². The molecule has 4 aromatic carbocycles. The van der Waals surface area contributed by atoms with Crippen LogP contribution < -0.4 is 10.1 Å². The number of esters is 1. The average Bonchev–Trinajstić information content (AvgIpc) is 3.10. The van der Waals surface area contributed by atoms with Crippen molar-refractivity contribution in [2.45, 2.75) is 38.2 Å². The van der Waals surface area contributed by atoms with E-state index in [0.29, 0.717) is 29.4 Å². The van der Waals surface area contributed by atoms with Gasteiger partial charge >= 0.3 is 12.1 Å². The van der Waals surface area contributed by atoms with Gasteiger partial charge in [-0.05, 0) is 78.4 Å². The number of nitrogens with one attached hydrogen (secondary N) is 1. The Bertz CT molecular complexity index is 1600. The zero-order valence-corrected chi connectivity index (χ0v) is 25.0. The molecule has 7 rings (SSSR count). The lowest BCUT2D eigenvalue weighted by molar-refractivity contribution is -0.0336.